The Morgan fingerprint density at radius 2 is 2.12 bits per heavy atom. The van der Waals surface area contributed by atoms with Gasteiger partial charge in [-0.05, 0) is 19.4 Å². The second-order valence-electron chi connectivity index (χ2n) is 9.87. The van der Waals surface area contributed by atoms with E-state index >= 15 is 0 Å². The molecular formula is C23H27F2N7O2. The summed E-state index contributed by atoms with van der Waals surface area (Å²) in [7, 11) is 1.73. The molecule has 3 aromatic rings. The van der Waals surface area contributed by atoms with Gasteiger partial charge in [0, 0.05) is 49.1 Å². The fraction of sp³-hybridized carbons (Fsp3) is 0.565. The Bertz CT molecular complexity index is 1280. The molecule has 34 heavy (non-hydrogen) atoms. The van der Waals surface area contributed by atoms with Gasteiger partial charge in [0.05, 0.1) is 31.1 Å². The number of aromatic amines is 2. The summed E-state index contributed by atoms with van der Waals surface area (Å²) in [6.07, 6.45) is 2.19. The summed E-state index contributed by atoms with van der Waals surface area (Å²) >= 11 is 0. The molecular weight excluding hydrogens is 444 g/mol. The van der Waals surface area contributed by atoms with Crippen LogP contribution in [0.5, 0.6) is 0 Å². The van der Waals surface area contributed by atoms with E-state index in [4.69, 9.17) is 4.74 Å². The highest BCUT2D eigenvalue weighted by Crippen LogP contribution is 2.70. The molecule has 9 nitrogen and oxygen atoms in total. The van der Waals surface area contributed by atoms with E-state index in [1.54, 1.807) is 31.1 Å². The van der Waals surface area contributed by atoms with Gasteiger partial charge in [-0.15, -0.1) is 0 Å². The number of halogens is 2. The van der Waals surface area contributed by atoms with E-state index in [0.717, 1.165) is 24.3 Å². The number of hydrogen-bond acceptors (Lipinski definition) is 6. The Kier molecular flexibility index (Phi) is 4.63. The minimum Gasteiger partial charge on any atom is -0.379 e. The van der Waals surface area contributed by atoms with Crippen LogP contribution in [0, 0.1) is 11.3 Å². The van der Waals surface area contributed by atoms with Crippen LogP contribution < -0.4 is 4.90 Å². The largest absolute Gasteiger partial charge is 0.379 e. The van der Waals surface area contributed by atoms with Crippen LogP contribution in [0.1, 0.15) is 25.1 Å². The number of H-pyrrole nitrogens is 2. The predicted molar refractivity (Wildman–Crippen MR) is 121 cm³/mol. The number of alkyl halides is 2. The number of imidazole rings is 1. The van der Waals surface area contributed by atoms with Crippen molar-refractivity contribution in [1.82, 2.24) is 30.0 Å². The number of nitrogens with one attached hydrogen (secondary N) is 2. The van der Waals surface area contributed by atoms with Crippen molar-refractivity contribution in [2.45, 2.75) is 38.7 Å². The topological polar surface area (TPSA) is 103 Å². The van der Waals surface area contributed by atoms with Crippen molar-refractivity contribution < 1.29 is 18.3 Å². The maximum atomic E-state index is 14.3. The van der Waals surface area contributed by atoms with Gasteiger partial charge in [-0.25, -0.2) is 18.7 Å². The molecule has 11 heteroatoms. The minimum absolute atomic E-state index is 0.0337. The van der Waals surface area contributed by atoms with Crippen molar-refractivity contribution >= 4 is 22.8 Å². The summed E-state index contributed by atoms with van der Waals surface area (Å²) < 4.78 is 33.9. The van der Waals surface area contributed by atoms with Crippen molar-refractivity contribution in [2.24, 2.45) is 11.3 Å². The van der Waals surface area contributed by atoms with Gasteiger partial charge in [0.1, 0.15) is 11.2 Å². The molecule has 2 fully saturated rings. The lowest BCUT2D eigenvalue weighted by Gasteiger charge is -2.33. The van der Waals surface area contributed by atoms with Gasteiger partial charge < -0.3 is 14.6 Å². The van der Waals surface area contributed by atoms with E-state index in [1.807, 2.05) is 6.92 Å². The number of hydrogen-bond donors (Lipinski definition) is 2. The van der Waals surface area contributed by atoms with Gasteiger partial charge in [-0.2, -0.15) is 5.10 Å². The Morgan fingerprint density at radius 3 is 2.88 bits per heavy atom. The van der Waals surface area contributed by atoms with Gasteiger partial charge in [-0.3, -0.25) is 14.8 Å². The van der Waals surface area contributed by atoms with Crippen molar-refractivity contribution in [3.63, 3.8) is 0 Å². The number of fused-ring (bicyclic) bond motifs is 3. The summed E-state index contributed by atoms with van der Waals surface area (Å²) in [4.78, 5) is 29.0. The van der Waals surface area contributed by atoms with Crippen LogP contribution in [-0.4, -0.2) is 81.3 Å². The van der Waals surface area contributed by atoms with Gasteiger partial charge >= 0.3 is 0 Å². The molecule has 3 aromatic heterocycles. The second-order valence-corrected chi connectivity index (χ2v) is 9.87. The maximum Gasteiger partial charge on any atom is 0.258 e. The van der Waals surface area contributed by atoms with Gasteiger partial charge in [-0.1, -0.05) is 6.92 Å². The number of carbonyl (C=O) groups is 1. The van der Waals surface area contributed by atoms with Crippen molar-refractivity contribution in [2.75, 3.05) is 38.3 Å². The predicted octanol–water partition coefficient (Wildman–Crippen LogP) is 2.40. The zero-order valence-electron chi connectivity index (χ0n) is 19.4. The standard InChI is InChI=1S/C23H27F2N7O2/c1-12(32-4-6-34-7-5-32)21(33)31(3)13-8-15-19(26-11-13)28-20(27-15)18-14-9-17-22(2,23(17,24)25)10-16(14)29-30-18/h8,11-12,17H,4-7,9-10H2,1-3H3,(H,29,30)(H,26,27,28)/t12?,17-,22+/m1/s1. The summed E-state index contributed by atoms with van der Waals surface area (Å²) in [6, 6.07) is 1.53. The van der Waals surface area contributed by atoms with E-state index in [9.17, 15) is 13.6 Å². The van der Waals surface area contributed by atoms with E-state index in [-0.39, 0.29) is 24.8 Å². The zero-order chi connectivity index (χ0) is 23.8. The summed E-state index contributed by atoms with van der Waals surface area (Å²) in [5.74, 6) is -2.86. The number of pyridine rings is 1. The summed E-state index contributed by atoms with van der Waals surface area (Å²) in [5, 5.41) is 7.33. The molecule has 2 N–H and O–H groups in total. The first-order chi connectivity index (χ1) is 16.2. The highest BCUT2D eigenvalue weighted by molar-refractivity contribution is 5.97. The van der Waals surface area contributed by atoms with Crippen LogP contribution in [0.2, 0.25) is 0 Å². The van der Waals surface area contributed by atoms with Gasteiger partial charge in [0.25, 0.3) is 5.92 Å². The molecule has 0 aromatic carbocycles. The molecule has 4 heterocycles. The van der Waals surface area contributed by atoms with Crippen LogP contribution >= 0.6 is 0 Å². The Balaban J connectivity index is 1.26. The molecule has 1 saturated carbocycles. The molecule has 1 unspecified atom stereocenters. The average Bonchev–Trinajstić information content (AvgIpc) is 3.24. The van der Waals surface area contributed by atoms with Gasteiger partial charge in [0.2, 0.25) is 5.91 Å². The van der Waals surface area contributed by atoms with Gasteiger partial charge in [0.15, 0.2) is 11.5 Å². The number of anilines is 1. The third kappa shape index (κ3) is 3.02. The fourth-order valence-corrected chi connectivity index (χ4v) is 5.51. The quantitative estimate of drug-likeness (QED) is 0.606. The number of ether oxygens (including phenoxy) is 1. The first kappa shape index (κ1) is 21.6. The summed E-state index contributed by atoms with van der Waals surface area (Å²) in [6.45, 7) is 6.24. The molecule has 1 aliphatic heterocycles. The lowest BCUT2D eigenvalue weighted by atomic mass is 9.87. The van der Waals surface area contributed by atoms with Crippen LogP contribution in [0.3, 0.4) is 0 Å². The lowest BCUT2D eigenvalue weighted by molar-refractivity contribution is -0.124. The smallest absolute Gasteiger partial charge is 0.258 e. The Labute approximate surface area is 194 Å². The Morgan fingerprint density at radius 1 is 1.35 bits per heavy atom. The van der Waals surface area contributed by atoms with Crippen molar-refractivity contribution in [3.05, 3.63) is 23.5 Å². The normalized spacial score (nSPS) is 26.7. The molecule has 0 spiro atoms. The number of aromatic nitrogens is 5. The second kappa shape index (κ2) is 7.29. The van der Waals surface area contributed by atoms with Crippen molar-refractivity contribution in [1.29, 1.82) is 0 Å². The monoisotopic (exact) mass is 471 g/mol. The number of carbonyl (C=O) groups excluding carboxylic acids is 1. The van der Waals surface area contributed by atoms with E-state index in [2.05, 4.69) is 30.0 Å². The third-order valence-corrected chi connectivity index (χ3v) is 8.01. The molecule has 0 radical (unpaired) electrons. The maximum absolute atomic E-state index is 14.3. The molecule has 1 amide bonds. The van der Waals surface area contributed by atoms with E-state index in [1.165, 1.54) is 0 Å². The highest BCUT2D eigenvalue weighted by Gasteiger charge is 2.78. The average molecular weight is 472 g/mol. The molecule has 0 bridgehead atoms. The van der Waals surface area contributed by atoms with Crippen LogP contribution in [0.15, 0.2) is 12.3 Å². The molecule has 3 aliphatic rings. The number of rotatable bonds is 4. The van der Waals surface area contributed by atoms with E-state index in [0.29, 0.717) is 41.6 Å². The molecule has 1 saturated heterocycles. The molecule has 2 aliphatic carbocycles. The lowest BCUT2D eigenvalue weighted by Crippen LogP contribution is -2.50. The van der Waals surface area contributed by atoms with Crippen LogP contribution in [-0.2, 0) is 22.4 Å². The van der Waals surface area contributed by atoms with Crippen molar-refractivity contribution in [3.8, 4) is 11.5 Å². The molecule has 6 rings (SSSR count). The molecule has 3 atom stereocenters. The number of morpholine rings is 1. The molecule has 180 valence electrons. The first-order valence-electron chi connectivity index (χ1n) is 11.6. The van der Waals surface area contributed by atoms with E-state index < -0.39 is 17.3 Å². The highest BCUT2D eigenvalue weighted by atomic mass is 19.3. The third-order valence-electron chi connectivity index (χ3n) is 8.01. The zero-order valence-corrected chi connectivity index (χ0v) is 19.4. The van der Waals surface area contributed by atoms with Crippen LogP contribution in [0.4, 0.5) is 14.5 Å². The summed E-state index contributed by atoms with van der Waals surface area (Å²) in [5.41, 5.74) is 2.89. The van der Waals surface area contributed by atoms with Crippen LogP contribution in [0.25, 0.3) is 22.7 Å². The first-order valence-corrected chi connectivity index (χ1v) is 11.6. The number of nitrogens with zero attached hydrogens (tertiary/aromatic N) is 5. The fourth-order valence-electron chi connectivity index (χ4n) is 5.51. The Hall–Kier alpha value is -2.92. The number of likely N-dealkylation sites (N-methyl/N-ethyl adjacent to an activating group) is 1. The minimum atomic E-state index is -2.65. The number of amides is 1. The SMILES string of the molecule is CC(C(=O)N(C)c1cnc2[nH]c(-c3n[nH]c4c3C[C@H]3C(F)(F)[C@@]3(C)C4)nc2c1)N1CCOCC1.